The molecule has 0 aliphatic rings. The molecule has 0 fully saturated rings. The molecule has 9 heteroatoms. The van der Waals surface area contributed by atoms with Crippen molar-refractivity contribution in [2.75, 3.05) is 13.2 Å². The van der Waals surface area contributed by atoms with Gasteiger partial charge in [0.05, 0.1) is 12.3 Å². The first-order valence-corrected chi connectivity index (χ1v) is 9.36. The second kappa shape index (κ2) is 9.70. The molecule has 0 spiro atoms. The summed E-state index contributed by atoms with van der Waals surface area (Å²) in [5.41, 5.74) is 5.73. The third-order valence-electron chi connectivity index (χ3n) is 3.64. The van der Waals surface area contributed by atoms with Gasteiger partial charge >= 0.3 is 6.09 Å². The predicted octanol–water partition coefficient (Wildman–Crippen LogP) is 4.07. The first-order chi connectivity index (χ1) is 12.8. The van der Waals surface area contributed by atoms with Gasteiger partial charge in [0, 0.05) is 17.5 Å². The lowest BCUT2D eigenvalue weighted by Crippen LogP contribution is -2.16. The fourth-order valence-corrected chi connectivity index (χ4v) is 3.78. The molecule has 0 atom stereocenters. The van der Waals surface area contributed by atoms with Crippen LogP contribution in [-0.2, 0) is 22.6 Å². The highest BCUT2D eigenvalue weighted by molar-refractivity contribution is 7.99. The molecule has 27 heavy (non-hydrogen) atoms. The van der Waals surface area contributed by atoms with Crippen LogP contribution in [0.5, 0.6) is 0 Å². The van der Waals surface area contributed by atoms with Gasteiger partial charge in [0.15, 0.2) is 0 Å². The van der Waals surface area contributed by atoms with Gasteiger partial charge in [0.2, 0.25) is 0 Å². The molecular formula is C18H23F2N3O3S. The number of halogens is 2. The van der Waals surface area contributed by atoms with E-state index in [0.717, 1.165) is 16.8 Å². The molecule has 2 rings (SSSR count). The third kappa shape index (κ3) is 5.93. The Labute approximate surface area is 161 Å². The molecule has 0 aliphatic carbocycles. The predicted molar refractivity (Wildman–Crippen MR) is 97.7 cm³/mol. The first kappa shape index (κ1) is 21.2. The van der Waals surface area contributed by atoms with Crippen molar-refractivity contribution in [2.24, 2.45) is 5.73 Å². The summed E-state index contributed by atoms with van der Waals surface area (Å²) in [5, 5.41) is 0.824. The summed E-state index contributed by atoms with van der Waals surface area (Å²) in [6.07, 6.45) is -0.850. The average molecular weight is 399 g/mol. The number of hydrogen-bond acceptors (Lipinski definition) is 5. The van der Waals surface area contributed by atoms with Crippen molar-refractivity contribution in [1.82, 2.24) is 9.55 Å². The molecule has 0 saturated heterocycles. The van der Waals surface area contributed by atoms with Crippen LogP contribution in [0.15, 0.2) is 28.1 Å². The van der Waals surface area contributed by atoms with Crippen molar-refractivity contribution in [2.45, 2.75) is 49.8 Å². The fraction of sp³-hybridized carbons (Fsp3) is 0.444. The number of ether oxygens (including phenoxy) is 2. The van der Waals surface area contributed by atoms with Gasteiger partial charge in [-0.3, -0.25) is 0 Å². The van der Waals surface area contributed by atoms with Crippen molar-refractivity contribution >= 4 is 17.9 Å². The molecule has 2 N–H and O–H groups in total. The average Bonchev–Trinajstić information content (AvgIpc) is 2.91. The number of imidazole rings is 1. The lowest BCUT2D eigenvalue weighted by Gasteiger charge is -2.11. The lowest BCUT2D eigenvalue weighted by molar-refractivity contribution is 0.0637. The molecule has 1 heterocycles. The molecule has 0 radical (unpaired) electrons. The largest absolute Gasteiger partial charge is 0.447 e. The molecule has 6 nitrogen and oxygen atoms in total. The van der Waals surface area contributed by atoms with E-state index in [9.17, 15) is 13.6 Å². The number of nitrogens with two attached hydrogens (primary N) is 1. The van der Waals surface area contributed by atoms with Gasteiger partial charge in [0.1, 0.15) is 35.7 Å². The number of carbonyl (C=O) groups is 1. The summed E-state index contributed by atoms with van der Waals surface area (Å²) < 4.78 is 39.1. The van der Waals surface area contributed by atoms with E-state index in [1.165, 1.54) is 23.9 Å². The minimum atomic E-state index is -0.850. The van der Waals surface area contributed by atoms with Gasteiger partial charge in [-0.15, -0.1) is 0 Å². The maximum Gasteiger partial charge on any atom is 0.404 e. The molecule has 0 bridgehead atoms. The molecule has 1 aromatic carbocycles. The van der Waals surface area contributed by atoms with Crippen LogP contribution in [0, 0.1) is 11.6 Å². The van der Waals surface area contributed by atoms with Crippen LogP contribution in [0.2, 0.25) is 0 Å². The minimum absolute atomic E-state index is 0.0589. The van der Waals surface area contributed by atoms with Gasteiger partial charge in [-0.2, -0.15) is 0 Å². The number of nitrogens with zero attached hydrogens (tertiary/aromatic N) is 2. The van der Waals surface area contributed by atoms with E-state index < -0.39 is 17.7 Å². The third-order valence-corrected chi connectivity index (χ3v) is 4.74. The topological polar surface area (TPSA) is 79.4 Å². The van der Waals surface area contributed by atoms with Crippen molar-refractivity contribution in [1.29, 1.82) is 0 Å². The molecule has 2 aromatic rings. The van der Waals surface area contributed by atoms with E-state index in [-0.39, 0.29) is 25.7 Å². The standard InChI is InChI=1S/C18H23F2N3O3S/c1-4-23-15(10-25-5-6-26-18(21)24)22-16(11(2)3)17(23)27-14-8-12(19)7-13(20)9-14/h7-9,11H,4-6,10H2,1-3H3,(H2,21,24). The zero-order valence-electron chi connectivity index (χ0n) is 15.5. The molecule has 0 aliphatic heterocycles. The van der Waals surface area contributed by atoms with E-state index in [1.807, 2.05) is 25.3 Å². The van der Waals surface area contributed by atoms with Crippen molar-refractivity contribution < 1.29 is 23.0 Å². The Kier molecular flexibility index (Phi) is 7.61. The van der Waals surface area contributed by atoms with Crippen LogP contribution >= 0.6 is 11.8 Å². The Morgan fingerprint density at radius 2 is 1.93 bits per heavy atom. The van der Waals surface area contributed by atoms with Crippen LogP contribution in [0.1, 0.15) is 38.2 Å². The highest BCUT2D eigenvalue weighted by Gasteiger charge is 2.20. The summed E-state index contributed by atoms with van der Waals surface area (Å²) in [4.78, 5) is 15.7. The number of benzene rings is 1. The fourth-order valence-electron chi connectivity index (χ4n) is 2.49. The van der Waals surface area contributed by atoms with E-state index in [2.05, 4.69) is 9.72 Å². The van der Waals surface area contributed by atoms with Crippen molar-refractivity contribution in [3.63, 3.8) is 0 Å². The normalized spacial score (nSPS) is 11.2. The number of primary amides is 1. The monoisotopic (exact) mass is 399 g/mol. The molecule has 0 unspecified atom stereocenters. The zero-order valence-corrected chi connectivity index (χ0v) is 16.3. The number of hydrogen-bond donors (Lipinski definition) is 1. The highest BCUT2D eigenvalue weighted by atomic mass is 32.2. The molecular weight excluding hydrogens is 376 g/mol. The van der Waals surface area contributed by atoms with E-state index in [0.29, 0.717) is 17.3 Å². The Bertz CT molecular complexity index is 776. The summed E-state index contributed by atoms with van der Waals surface area (Å²) in [7, 11) is 0. The first-order valence-electron chi connectivity index (χ1n) is 8.55. The second-order valence-corrected chi connectivity index (χ2v) is 7.11. The lowest BCUT2D eigenvalue weighted by atomic mass is 10.1. The maximum absolute atomic E-state index is 13.5. The smallest absolute Gasteiger partial charge is 0.404 e. The minimum Gasteiger partial charge on any atom is -0.447 e. The summed E-state index contributed by atoms with van der Waals surface area (Å²) in [6.45, 7) is 7.05. The zero-order chi connectivity index (χ0) is 20.0. The highest BCUT2D eigenvalue weighted by Crippen LogP contribution is 2.35. The number of carbonyl (C=O) groups excluding carboxylic acids is 1. The van der Waals surface area contributed by atoms with Crippen LogP contribution in [0.4, 0.5) is 13.6 Å². The van der Waals surface area contributed by atoms with Crippen molar-refractivity contribution in [3.05, 3.63) is 41.4 Å². The quantitative estimate of drug-likeness (QED) is 0.643. The van der Waals surface area contributed by atoms with Gasteiger partial charge < -0.3 is 19.8 Å². The molecule has 148 valence electrons. The van der Waals surface area contributed by atoms with Crippen molar-refractivity contribution in [3.8, 4) is 0 Å². The molecule has 0 saturated carbocycles. The van der Waals surface area contributed by atoms with E-state index >= 15 is 0 Å². The number of rotatable bonds is 9. The number of amides is 1. The SMILES string of the molecule is CCn1c(COCCOC(N)=O)nc(C(C)C)c1Sc1cc(F)cc(F)c1. The Balaban J connectivity index is 2.21. The summed E-state index contributed by atoms with van der Waals surface area (Å²) >= 11 is 1.27. The Morgan fingerprint density at radius 3 is 2.48 bits per heavy atom. The van der Waals surface area contributed by atoms with Gasteiger partial charge in [-0.05, 0) is 25.0 Å². The summed E-state index contributed by atoms with van der Waals surface area (Å²) in [5.74, 6) is -0.427. The molecule has 1 amide bonds. The van der Waals surface area contributed by atoms with Crippen LogP contribution in [-0.4, -0.2) is 28.9 Å². The van der Waals surface area contributed by atoms with Gasteiger partial charge in [0.25, 0.3) is 0 Å². The van der Waals surface area contributed by atoms with Gasteiger partial charge in [-0.25, -0.2) is 18.6 Å². The van der Waals surface area contributed by atoms with E-state index in [4.69, 9.17) is 10.5 Å². The Morgan fingerprint density at radius 1 is 1.26 bits per heavy atom. The summed E-state index contributed by atoms with van der Waals surface area (Å²) in [6, 6.07) is 3.43. The molecule has 1 aromatic heterocycles. The Hall–Kier alpha value is -2.13. The van der Waals surface area contributed by atoms with E-state index in [1.54, 1.807) is 0 Å². The maximum atomic E-state index is 13.5. The number of aromatic nitrogens is 2. The van der Waals surface area contributed by atoms with Crippen LogP contribution in [0.25, 0.3) is 0 Å². The van der Waals surface area contributed by atoms with Crippen LogP contribution in [0.3, 0.4) is 0 Å². The second-order valence-electron chi connectivity index (χ2n) is 6.04. The van der Waals surface area contributed by atoms with Gasteiger partial charge in [-0.1, -0.05) is 25.6 Å². The van der Waals surface area contributed by atoms with Crippen LogP contribution < -0.4 is 5.73 Å².